The van der Waals surface area contributed by atoms with Crippen molar-refractivity contribution in [3.63, 3.8) is 0 Å². The van der Waals surface area contributed by atoms with Gasteiger partial charge in [-0.3, -0.25) is 9.89 Å². The highest BCUT2D eigenvalue weighted by atomic mass is 19.3. The Morgan fingerprint density at radius 2 is 2.22 bits per heavy atom. The number of nitrogens with zero attached hydrogens (tertiary/aromatic N) is 1. The molecule has 0 spiro atoms. The first kappa shape index (κ1) is 13.0. The molecule has 1 unspecified atom stereocenters. The number of halogens is 2. The van der Waals surface area contributed by atoms with E-state index in [2.05, 4.69) is 15.5 Å². The molecule has 18 heavy (non-hydrogen) atoms. The van der Waals surface area contributed by atoms with E-state index < -0.39 is 11.8 Å². The molecular weight excluding hydrogens is 240 g/mol. The molecule has 1 aromatic rings. The highest BCUT2D eigenvalue weighted by Gasteiger charge is 2.39. The number of aromatic amines is 1. The van der Waals surface area contributed by atoms with Gasteiger partial charge in [0.05, 0.1) is 17.1 Å². The number of rotatable bonds is 2. The number of carbonyl (C=O) groups excluding carboxylic acids is 1. The summed E-state index contributed by atoms with van der Waals surface area (Å²) in [6.45, 7) is 3.54. The number of aryl methyl sites for hydroxylation is 2. The van der Waals surface area contributed by atoms with Crippen LogP contribution in [0, 0.1) is 19.8 Å². The Morgan fingerprint density at radius 3 is 2.78 bits per heavy atom. The summed E-state index contributed by atoms with van der Waals surface area (Å²) in [5.74, 6) is -3.65. The smallest absolute Gasteiger partial charge is 0.248 e. The number of alkyl halides is 2. The molecule has 0 aromatic carbocycles. The van der Waals surface area contributed by atoms with Crippen molar-refractivity contribution < 1.29 is 13.6 Å². The largest absolute Gasteiger partial charge is 0.323 e. The van der Waals surface area contributed by atoms with Gasteiger partial charge in [-0.25, -0.2) is 8.78 Å². The van der Waals surface area contributed by atoms with Crippen LogP contribution >= 0.6 is 0 Å². The molecule has 2 rings (SSSR count). The summed E-state index contributed by atoms with van der Waals surface area (Å²) in [5, 5.41) is 9.40. The lowest BCUT2D eigenvalue weighted by Gasteiger charge is -2.27. The molecule has 0 bridgehead atoms. The van der Waals surface area contributed by atoms with Crippen LogP contribution in [0.1, 0.15) is 37.1 Å². The van der Waals surface area contributed by atoms with Crippen molar-refractivity contribution in [1.82, 2.24) is 10.2 Å². The van der Waals surface area contributed by atoms with Gasteiger partial charge >= 0.3 is 0 Å². The summed E-state index contributed by atoms with van der Waals surface area (Å²) in [6.07, 6.45) is 0.459. The van der Waals surface area contributed by atoms with Gasteiger partial charge in [-0.05, 0) is 26.7 Å². The summed E-state index contributed by atoms with van der Waals surface area (Å²) in [7, 11) is 0. The van der Waals surface area contributed by atoms with Crippen LogP contribution in [-0.2, 0) is 4.79 Å². The molecule has 6 heteroatoms. The monoisotopic (exact) mass is 257 g/mol. The average Bonchev–Trinajstić information content (AvgIpc) is 2.59. The van der Waals surface area contributed by atoms with Crippen molar-refractivity contribution in [2.75, 3.05) is 5.32 Å². The van der Waals surface area contributed by atoms with Gasteiger partial charge in [-0.2, -0.15) is 5.10 Å². The Morgan fingerprint density at radius 1 is 1.50 bits per heavy atom. The van der Waals surface area contributed by atoms with E-state index in [1.807, 2.05) is 0 Å². The maximum absolute atomic E-state index is 13.3. The second-order valence-corrected chi connectivity index (χ2v) is 4.95. The third-order valence-electron chi connectivity index (χ3n) is 3.39. The van der Waals surface area contributed by atoms with Crippen LogP contribution < -0.4 is 5.32 Å². The Balaban J connectivity index is 2.04. The number of H-pyrrole nitrogens is 1. The zero-order valence-corrected chi connectivity index (χ0v) is 10.5. The number of hydrogen-bond donors (Lipinski definition) is 2. The van der Waals surface area contributed by atoms with E-state index in [1.165, 1.54) is 0 Å². The van der Waals surface area contributed by atoms with Crippen LogP contribution in [0.3, 0.4) is 0 Å². The second-order valence-electron chi connectivity index (χ2n) is 4.95. The highest BCUT2D eigenvalue weighted by molar-refractivity contribution is 5.93. The number of hydrogen-bond acceptors (Lipinski definition) is 2. The van der Waals surface area contributed by atoms with Gasteiger partial charge in [0.15, 0.2) is 0 Å². The zero-order chi connectivity index (χ0) is 13.3. The van der Waals surface area contributed by atoms with Crippen molar-refractivity contribution in [3.05, 3.63) is 11.4 Å². The first-order chi connectivity index (χ1) is 8.39. The summed E-state index contributed by atoms with van der Waals surface area (Å²) >= 11 is 0. The summed E-state index contributed by atoms with van der Waals surface area (Å²) < 4.78 is 26.5. The van der Waals surface area contributed by atoms with Crippen molar-refractivity contribution in [1.29, 1.82) is 0 Å². The van der Waals surface area contributed by atoms with Gasteiger partial charge in [0, 0.05) is 18.8 Å². The normalized spacial score (nSPS) is 22.8. The molecule has 0 radical (unpaired) electrons. The zero-order valence-electron chi connectivity index (χ0n) is 10.5. The van der Waals surface area contributed by atoms with Gasteiger partial charge in [0.25, 0.3) is 0 Å². The molecule has 1 aliphatic carbocycles. The Hall–Kier alpha value is -1.46. The Bertz CT molecular complexity index is 437. The van der Waals surface area contributed by atoms with Gasteiger partial charge in [-0.15, -0.1) is 0 Å². The van der Waals surface area contributed by atoms with E-state index in [4.69, 9.17) is 0 Å². The molecular formula is C12H17F2N3O. The molecule has 1 saturated carbocycles. The number of carbonyl (C=O) groups is 1. The van der Waals surface area contributed by atoms with Gasteiger partial charge in [0.1, 0.15) is 0 Å². The van der Waals surface area contributed by atoms with E-state index in [9.17, 15) is 13.6 Å². The van der Waals surface area contributed by atoms with Crippen LogP contribution in [0.2, 0.25) is 0 Å². The molecule has 2 N–H and O–H groups in total. The van der Waals surface area contributed by atoms with Crippen molar-refractivity contribution >= 4 is 11.6 Å². The molecule has 0 aliphatic heterocycles. The standard InChI is InChI=1S/C12H17F2N3O/c1-7-10(8(2)17-16-7)15-11(18)9-4-3-5-12(13,14)6-9/h9H,3-6H2,1-2H3,(H,15,18)(H,16,17). The fourth-order valence-electron chi connectivity index (χ4n) is 2.36. The lowest BCUT2D eigenvalue weighted by molar-refractivity contribution is -0.127. The second kappa shape index (κ2) is 4.66. The maximum Gasteiger partial charge on any atom is 0.248 e. The summed E-state index contributed by atoms with van der Waals surface area (Å²) in [6, 6.07) is 0. The number of anilines is 1. The quantitative estimate of drug-likeness (QED) is 0.855. The van der Waals surface area contributed by atoms with E-state index in [0.29, 0.717) is 24.2 Å². The van der Waals surface area contributed by atoms with Crippen LogP contribution in [0.15, 0.2) is 0 Å². The molecule has 1 heterocycles. The van der Waals surface area contributed by atoms with Crippen LogP contribution in [0.25, 0.3) is 0 Å². The topological polar surface area (TPSA) is 57.8 Å². The number of amides is 1. The summed E-state index contributed by atoms with van der Waals surface area (Å²) in [4.78, 5) is 12.0. The molecule has 1 atom stereocenters. The highest BCUT2D eigenvalue weighted by Crippen LogP contribution is 2.37. The lowest BCUT2D eigenvalue weighted by Crippen LogP contribution is -2.33. The predicted octanol–water partition coefficient (Wildman–Crippen LogP) is 2.79. The molecule has 1 amide bonds. The predicted molar refractivity (Wildman–Crippen MR) is 63.6 cm³/mol. The third kappa shape index (κ3) is 2.68. The first-order valence-electron chi connectivity index (χ1n) is 6.09. The SMILES string of the molecule is Cc1n[nH]c(C)c1NC(=O)C1CCCC(F)(F)C1. The Labute approximate surface area is 104 Å². The van der Waals surface area contributed by atoms with Crippen LogP contribution in [0.4, 0.5) is 14.5 Å². The Kier molecular flexibility index (Phi) is 3.36. The first-order valence-corrected chi connectivity index (χ1v) is 6.09. The molecule has 1 fully saturated rings. The number of nitrogens with one attached hydrogen (secondary N) is 2. The van der Waals surface area contributed by atoms with E-state index in [1.54, 1.807) is 13.8 Å². The lowest BCUT2D eigenvalue weighted by atomic mass is 9.86. The van der Waals surface area contributed by atoms with Crippen molar-refractivity contribution in [2.45, 2.75) is 45.5 Å². The molecule has 4 nitrogen and oxygen atoms in total. The number of aromatic nitrogens is 2. The van der Waals surface area contributed by atoms with Crippen molar-refractivity contribution in [2.24, 2.45) is 5.92 Å². The maximum atomic E-state index is 13.3. The average molecular weight is 257 g/mol. The molecule has 1 aromatic heterocycles. The van der Waals surface area contributed by atoms with E-state index in [0.717, 1.165) is 5.69 Å². The van der Waals surface area contributed by atoms with Gasteiger partial charge in [0.2, 0.25) is 11.8 Å². The van der Waals surface area contributed by atoms with E-state index in [-0.39, 0.29) is 18.7 Å². The third-order valence-corrected chi connectivity index (χ3v) is 3.39. The molecule has 0 saturated heterocycles. The molecule has 100 valence electrons. The van der Waals surface area contributed by atoms with Gasteiger partial charge < -0.3 is 5.32 Å². The fourth-order valence-corrected chi connectivity index (χ4v) is 2.36. The van der Waals surface area contributed by atoms with Crippen molar-refractivity contribution in [3.8, 4) is 0 Å². The van der Waals surface area contributed by atoms with Crippen LogP contribution in [-0.4, -0.2) is 22.0 Å². The molecule has 1 aliphatic rings. The van der Waals surface area contributed by atoms with Gasteiger partial charge in [-0.1, -0.05) is 0 Å². The minimum absolute atomic E-state index is 0.111. The minimum Gasteiger partial charge on any atom is -0.323 e. The van der Waals surface area contributed by atoms with E-state index >= 15 is 0 Å². The summed E-state index contributed by atoms with van der Waals surface area (Å²) in [5.41, 5.74) is 2.01. The fraction of sp³-hybridized carbons (Fsp3) is 0.667. The minimum atomic E-state index is -2.71. The van der Waals surface area contributed by atoms with Crippen LogP contribution in [0.5, 0.6) is 0 Å².